The highest BCUT2D eigenvalue weighted by Gasteiger charge is 2.17. The number of carbonyl (C=O) groups is 1. The molecule has 27 heavy (non-hydrogen) atoms. The van der Waals surface area contributed by atoms with Gasteiger partial charge in [0.05, 0.1) is 24.1 Å². The Kier molecular flexibility index (Phi) is 4.44. The quantitative estimate of drug-likeness (QED) is 0.582. The van der Waals surface area contributed by atoms with Crippen LogP contribution in [0.4, 0.5) is 0 Å². The van der Waals surface area contributed by atoms with Gasteiger partial charge in [0.25, 0.3) is 11.8 Å². The van der Waals surface area contributed by atoms with Gasteiger partial charge in [-0.3, -0.25) is 4.79 Å². The van der Waals surface area contributed by atoms with Gasteiger partial charge in [-0.1, -0.05) is 35.5 Å². The van der Waals surface area contributed by atoms with Gasteiger partial charge in [0.15, 0.2) is 11.6 Å². The van der Waals surface area contributed by atoms with Gasteiger partial charge in [-0.05, 0) is 19.1 Å². The number of nitrogens with zero attached hydrogens (tertiary/aromatic N) is 4. The summed E-state index contributed by atoms with van der Waals surface area (Å²) in [5.41, 5.74) is 1.79. The van der Waals surface area contributed by atoms with Gasteiger partial charge in [0, 0.05) is 11.8 Å². The number of benzene rings is 1. The number of rotatable bonds is 5. The van der Waals surface area contributed by atoms with Crippen molar-refractivity contribution in [2.24, 2.45) is 0 Å². The molecule has 4 aromatic rings. The molecule has 0 aliphatic rings. The van der Waals surface area contributed by atoms with E-state index in [9.17, 15) is 4.79 Å². The average molecular weight is 361 g/mol. The summed E-state index contributed by atoms with van der Waals surface area (Å²) in [5, 5.41) is 6.61. The average Bonchev–Trinajstić information content (AvgIpc) is 3.38. The number of amides is 1. The monoisotopic (exact) mass is 361 g/mol. The standard InChI is InChI=1S/C19H15N5O3/c1-12-20-10-14(17(22-12)13-6-3-2-4-7-13)18(25)21-11-16-23-19(27-24-16)15-8-5-9-26-15/h2-10H,11H2,1H3,(H,21,25). The highest BCUT2D eigenvalue weighted by Crippen LogP contribution is 2.21. The summed E-state index contributed by atoms with van der Waals surface area (Å²) in [4.78, 5) is 25.4. The van der Waals surface area contributed by atoms with Crippen LogP contribution in [0.1, 0.15) is 22.0 Å². The molecule has 3 heterocycles. The highest BCUT2D eigenvalue weighted by molar-refractivity contribution is 5.99. The Morgan fingerprint density at radius 1 is 1.11 bits per heavy atom. The minimum atomic E-state index is -0.321. The van der Waals surface area contributed by atoms with Crippen LogP contribution in [0, 0.1) is 6.92 Å². The number of nitrogens with one attached hydrogen (secondary N) is 1. The lowest BCUT2D eigenvalue weighted by Crippen LogP contribution is -2.24. The molecule has 0 aliphatic carbocycles. The summed E-state index contributed by atoms with van der Waals surface area (Å²) >= 11 is 0. The van der Waals surface area contributed by atoms with E-state index < -0.39 is 0 Å². The topological polar surface area (TPSA) is 107 Å². The molecular formula is C19H15N5O3. The minimum Gasteiger partial charge on any atom is -0.459 e. The molecule has 0 aliphatic heterocycles. The molecule has 8 heteroatoms. The van der Waals surface area contributed by atoms with Gasteiger partial charge >= 0.3 is 0 Å². The van der Waals surface area contributed by atoms with Crippen LogP contribution in [0.5, 0.6) is 0 Å². The Hall–Kier alpha value is -3.81. The van der Waals surface area contributed by atoms with E-state index in [1.54, 1.807) is 19.1 Å². The molecule has 4 rings (SSSR count). The zero-order valence-electron chi connectivity index (χ0n) is 14.4. The van der Waals surface area contributed by atoms with Crippen molar-refractivity contribution in [2.45, 2.75) is 13.5 Å². The second kappa shape index (κ2) is 7.20. The third-order valence-corrected chi connectivity index (χ3v) is 3.81. The first-order valence-corrected chi connectivity index (χ1v) is 8.24. The van der Waals surface area contributed by atoms with Crippen LogP contribution in [0.2, 0.25) is 0 Å². The van der Waals surface area contributed by atoms with E-state index >= 15 is 0 Å². The fourth-order valence-corrected chi connectivity index (χ4v) is 2.53. The van der Waals surface area contributed by atoms with Crippen molar-refractivity contribution in [2.75, 3.05) is 0 Å². The zero-order chi connectivity index (χ0) is 18.6. The lowest BCUT2D eigenvalue weighted by molar-refractivity contribution is 0.0949. The number of carbonyl (C=O) groups excluding carboxylic acids is 1. The smallest absolute Gasteiger partial charge is 0.293 e. The lowest BCUT2D eigenvalue weighted by atomic mass is 10.1. The van der Waals surface area contributed by atoms with Crippen molar-refractivity contribution in [1.29, 1.82) is 0 Å². The number of aryl methyl sites for hydroxylation is 1. The predicted molar refractivity (Wildman–Crippen MR) is 95.4 cm³/mol. The fraction of sp³-hybridized carbons (Fsp3) is 0.105. The van der Waals surface area contributed by atoms with Gasteiger partial charge in [0.1, 0.15) is 5.82 Å². The van der Waals surface area contributed by atoms with E-state index in [4.69, 9.17) is 8.94 Å². The molecule has 0 saturated heterocycles. The normalized spacial score (nSPS) is 10.7. The SMILES string of the molecule is Cc1ncc(C(=O)NCc2noc(-c3ccco3)n2)c(-c2ccccc2)n1. The maximum absolute atomic E-state index is 12.7. The molecule has 0 fully saturated rings. The highest BCUT2D eigenvalue weighted by atomic mass is 16.5. The molecular weight excluding hydrogens is 346 g/mol. The zero-order valence-corrected chi connectivity index (χ0v) is 14.4. The molecule has 0 spiro atoms. The van der Waals surface area contributed by atoms with Crippen molar-refractivity contribution in [3.05, 3.63) is 72.1 Å². The molecule has 3 aromatic heterocycles. The van der Waals surface area contributed by atoms with Crippen LogP contribution >= 0.6 is 0 Å². The van der Waals surface area contributed by atoms with E-state index in [0.29, 0.717) is 28.7 Å². The van der Waals surface area contributed by atoms with Gasteiger partial charge < -0.3 is 14.3 Å². The molecule has 1 N–H and O–H groups in total. The molecule has 0 radical (unpaired) electrons. The van der Waals surface area contributed by atoms with Crippen molar-refractivity contribution in [3.8, 4) is 22.9 Å². The van der Waals surface area contributed by atoms with Crippen LogP contribution < -0.4 is 5.32 Å². The third-order valence-electron chi connectivity index (χ3n) is 3.81. The first-order chi connectivity index (χ1) is 13.2. The molecule has 0 unspecified atom stereocenters. The van der Waals surface area contributed by atoms with E-state index in [2.05, 4.69) is 25.4 Å². The Morgan fingerprint density at radius 2 is 1.96 bits per heavy atom. The minimum absolute atomic E-state index is 0.102. The largest absolute Gasteiger partial charge is 0.459 e. The van der Waals surface area contributed by atoms with Crippen LogP contribution in [0.15, 0.2) is 63.9 Å². The number of aromatic nitrogens is 4. The van der Waals surface area contributed by atoms with Crippen LogP contribution in [-0.4, -0.2) is 26.0 Å². The molecule has 0 bridgehead atoms. The molecule has 0 saturated carbocycles. The molecule has 1 aromatic carbocycles. The summed E-state index contributed by atoms with van der Waals surface area (Å²) in [6.45, 7) is 1.88. The maximum atomic E-state index is 12.7. The Bertz CT molecular complexity index is 1060. The number of hydrogen-bond acceptors (Lipinski definition) is 7. The molecule has 8 nitrogen and oxygen atoms in total. The second-order valence-electron chi connectivity index (χ2n) is 5.72. The van der Waals surface area contributed by atoms with Gasteiger partial charge in [-0.2, -0.15) is 4.98 Å². The molecule has 1 amide bonds. The summed E-state index contributed by atoms with van der Waals surface area (Å²) in [6, 6.07) is 12.9. The Morgan fingerprint density at radius 3 is 2.74 bits per heavy atom. The summed E-state index contributed by atoms with van der Waals surface area (Å²) in [5.74, 6) is 1.33. The predicted octanol–water partition coefficient (Wildman–Crippen LogP) is 3.03. The fourth-order valence-electron chi connectivity index (χ4n) is 2.53. The molecule has 134 valence electrons. The lowest BCUT2D eigenvalue weighted by Gasteiger charge is -2.09. The first-order valence-electron chi connectivity index (χ1n) is 8.24. The van der Waals surface area contributed by atoms with E-state index in [-0.39, 0.29) is 18.3 Å². The van der Waals surface area contributed by atoms with Crippen molar-refractivity contribution >= 4 is 5.91 Å². The summed E-state index contributed by atoms with van der Waals surface area (Å²) in [6.07, 6.45) is 3.04. The third kappa shape index (κ3) is 3.59. The first kappa shape index (κ1) is 16.6. The van der Waals surface area contributed by atoms with Gasteiger partial charge in [0.2, 0.25) is 0 Å². The Labute approximate surface area is 154 Å². The maximum Gasteiger partial charge on any atom is 0.293 e. The van der Waals surface area contributed by atoms with Crippen molar-refractivity contribution in [3.63, 3.8) is 0 Å². The van der Waals surface area contributed by atoms with Crippen LogP contribution in [0.25, 0.3) is 22.9 Å². The number of hydrogen-bond donors (Lipinski definition) is 1. The second-order valence-corrected chi connectivity index (χ2v) is 5.72. The van der Waals surface area contributed by atoms with Crippen LogP contribution in [-0.2, 0) is 6.54 Å². The van der Waals surface area contributed by atoms with Gasteiger partial charge in [-0.15, -0.1) is 0 Å². The van der Waals surface area contributed by atoms with Crippen LogP contribution in [0.3, 0.4) is 0 Å². The Balaban J connectivity index is 1.52. The molecule has 0 atom stereocenters. The summed E-state index contributed by atoms with van der Waals surface area (Å²) in [7, 11) is 0. The summed E-state index contributed by atoms with van der Waals surface area (Å²) < 4.78 is 10.3. The van der Waals surface area contributed by atoms with E-state index in [1.807, 2.05) is 30.3 Å². The van der Waals surface area contributed by atoms with E-state index in [1.165, 1.54) is 12.5 Å². The number of furan rings is 1. The van der Waals surface area contributed by atoms with Crippen molar-refractivity contribution in [1.82, 2.24) is 25.4 Å². The van der Waals surface area contributed by atoms with Gasteiger partial charge in [-0.25, -0.2) is 9.97 Å². The van der Waals surface area contributed by atoms with E-state index in [0.717, 1.165) is 5.56 Å². The van der Waals surface area contributed by atoms with Crippen molar-refractivity contribution < 1.29 is 13.7 Å².